The van der Waals surface area contributed by atoms with Crippen molar-refractivity contribution in [3.63, 3.8) is 0 Å². The first kappa shape index (κ1) is 14.5. The summed E-state index contributed by atoms with van der Waals surface area (Å²) in [4.78, 5) is 14.1. The molecule has 1 aliphatic rings. The molecule has 4 nitrogen and oxygen atoms in total. The quantitative estimate of drug-likeness (QED) is 0.665. The number of carbonyl (C=O) groups is 1. The van der Waals surface area contributed by atoms with Gasteiger partial charge < -0.3 is 9.47 Å². The van der Waals surface area contributed by atoms with Gasteiger partial charge in [0.15, 0.2) is 0 Å². The van der Waals surface area contributed by atoms with Crippen molar-refractivity contribution >= 4 is 5.97 Å². The molecule has 0 radical (unpaired) electrons. The van der Waals surface area contributed by atoms with Crippen molar-refractivity contribution in [3.05, 3.63) is 0 Å². The average molecular weight is 243 g/mol. The summed E-state index contributed by atoms with van der Waals surface area (Å²) in [5.74, 6) is 0.0323. The third kappa shape index (κ3) is 4.64. The van der Waals surface area contributed by atoms with Crippen LogP contribution in [0.15, 0.2) is 0 Å². The molecule has 0 N–H and O–H groups in total. The van der Waals surface area contributed by atoms with Gasteiger partial charge in [-0.3, -0.25) is 9.69 Å². The third-order valence-corrected chi connectivity index (χ3v) is 3.44. The second-order valence-corrected chi connectivity index (χ2v) is 4.72. The van der Waals surface area contributed by atoms with E-state index in [2.05, 4.69) is 11.8 Å². The Labute approximate surface area is 104 Å². The number of hydrogen-bond donors (Lipinski definition) is 0. The van der Waals surface area contributed by atoms with Gasteiger partial charge in [0.2, 0.25) is 0 Å². The minimum absolute atomic E-state index is 0.0314. The Morgan fingerprint density at radius 3 is 2.94 bits per heavy atom. The monoisotopic (exact) mass is 243 g/mol. The molecule has 1 saturated heterocycles. The molecule has 0 amide bonds. The lowest BCUT2D eigenvalue weighted by Gasteiger charge is -2.35. The van der Waals surface area contributed by atoms with E-state index in [1.54, 1.807) is 7.11 Å². The van der Waals surface area contributed by atoms with E-state index in [9.17, 15) is 4.79 Å². The van der Waals surface area contributed by atoms with Crippen LogP contribution in [0.4, 0.5) is 0 Å². The first-order valence-electron chi connectivity index (χ1n) is 6.58. The van der Waals surface area contributed by atoms with Crippen molar-refractivity contribution in [3.8, 4) is 0 Å². The summed E-state index contributed by atoms with van der Waals surface area (Å²) in [5, 5.41) is 0. The molecule has 1 fully saturated rings. The molecule has 0 aromatic carbocycles. The zero-order chi connectivity index (χ0) is 12.7. The molecule has 0 bridgehead atoms. The van der Waals surface area contributed by atoms with Crippen LogP contribution in [0.3, 0.4) is 0 Å². The molecule has 0 saturated carbocycles. The van der Waals surface area contributed by atoms with Crippen molar-refractivity contribution in [2.45, 2.75) is 39.2 Å². The number of piperidine rings is 1. The van der Waals surface area contributed by atoms with Gasteiger partial charge in [0, 0.05) is 26.3 Å². The molecule has 0 aliphatic carbocycles. The maximum atomic E-state index is 11.7. The van der Waals surface area contributed by atoms with Crippen LogP contribution in [0.2, 0.25) is 0 Å². The van der Waals surface area contributed by atoms with Crippen LogP contribution in [0.1, 0.15) is 33.1 Å². The minimum atomic E-state index is -0.0314. The van der Waals surface area contributed by atoms with Crippen molar-refractivity contribution in [1.82, 2.24) is 4.90 Å². The van der Waals surface area contributed by atoms with Gasteiger partial charge in [-0.25, -0.2) is 0 Å². The summed E-state index contributed by atoms with van der Waals surface area (Å²) in [6, 6.07) is 0.479. The van der Waals surface area contributed by atoms with Gasteiger partial charge in [0.25, 0.3) is 0 Å². The molecule has 1 aliphatic heterocycles. The summed E-state index contributed by atoms with van der Waals surface area (Å²) < 4.78 is 10.2. The van der Waals surface area contributed by atoms with Crippen molar-refractivity contribution < 1.29 is 14.3 Å². The van der Waals surface area contributed by atoms with E-state index >= 15 is 0 Å². The Kier molecular flexibility index (Phi) is 6.52. The van der Waals surface area contributed by atoms with Crippen LogP contribution in [-0.2, 0) is 14.3 Å². The second kappa shape index (κ2) is 7.67. The van der Waals surface area contributed by atoms with E-state index in [1.807, 2.05) is 6.92 Å². The highest BCUT2D eigenvalue weighted by atomic mass is 16.5. The molecule has 1 heterocycles. The fraction of sp³-hybridized carbons (Fsp3) is 0.923. The molecular formula is C13H25NO3. The van der Waals surface area contributed by atoms with Crippen molar-refractivity contribution in [2.24, 2.45) is 5.92 Å². The lowest BCUT2D eigenvalue weighted by atomic mass is 9.96. The van der Waals surface area contributed by atoms with Gasteiger partial charge in [0.1, 0.15) is 0 Å². The Balaban J connectivity index is 2.39. The van der Waals surface area contributed by atoms with Gasteiger partial charge in [-0.15, -0.1) is 0 Å². The predicted molar refractivity (Wildman–Crippen MR) is 66.9 cm³/mol. The molecule has 100 valence electrons. The van der Waals surface area contributed by atoms with Crippen LogP contribution in [-0.4, -0.2) is 50.3 Å². The first-order valence-corrected chi connectivity index (χ1v) is 6.58. The summed E-state index contributed by atoms with van der Waals surface area (Å²) in [7, 11) is 1.73. The summed E-state index contributed by atoms with van der Waals surface area (Å²) >= 11 is 0. The Bertz CT molecular complexity index is 233. The topological polar surface area (TPSA) is 38.8 Å². The number of nitrogens with zero attached hydrogens (tertiary/aromatic N) is 1. The van der Waals surface area contributed by atoms with E-state index in [0.717, 1.165) is 39.0 Å². The summed E-state index contributed by atoms with van der Waals surface area (Å²) in [6.07, 6.45) is 3.07. The summed E-state index contributed by atoms with van der Waals surface area (Å²) in [6.45, 7) is 7.24. The smallest absolute Gasteiger partial charge is 0.310 e. The van der Waals surface area contributed by atoms with Crippen LogP contribution in [0, 0.1) is 5.92 Å². The van der Waals surface area contributed by atoms with E-state index < -0.39 is 0 Å². The molecular weight excluding hydrogens is 218 g/mol. The fourth-order valence-electron chi connectivity index (χ4n) is 2.33. The van der Waals surface area contributed by atoms with Crippen LogP contribution in [0.25, 0.3) is 0 Å². The Morgan fingerprint density at radius 1 is 1.53 bits per heavy atom. The highest BCUT2D eigenvalue weighted by molar-refractivity contribution is 5.72. The molecule has 2 atom stereocenters. The SMILES string of the molecule is CCOC(=O)C1CCCN(C(C)CCOC)C1. The number of rotatable bonds is 6. The highest BCUT2D eigenvalue weighted by Gasteiger charge is 2.28. The van der Waals surface area contributed by atoms with Gasteiger partial charge in [-0.1, -0.05) is 0 Å². The standard InChI is InChI=1S/C13H25NO3/c1-4-17-13(15)12-6-5-8-14(10-12)11(2)7-9-16-3/h11-12H,4-10H2,1-3H3. The Hall–Kier alpha value is -0.610. The van der Waals surface area contributed by atoms with Gasteiger partial charge in [-0.05, 0) is 39.7 Å². The number of esters is 1. The highest BCUT2D eigenvalue weighted by Crippen LogP contribution is 2.20. The van der Waals surface area contributed by atoms with E-state index in [-0.39, 0.29) is 11.9 Å². The zero-order valence-corrected chi connectivity index (χ0v) is 11.3. The first-order chi connectivity index (χ1) is 8.19. The van der Waals surface area contributed by atoms with Gasteiger partial charge in [-0.2, -0.15) is 0 Å². The normalized spacial score (nSPS) is 23.4. The van der Waals surface area contributed by atoms with Crippen molar-refractivity contribution in [2.75, 3.05) is 33.4 Å². The largest absolute Gasteiger partial charge is 0.466 e. The third-order valence-electron chi connectivity index (χ3n) is 3.44. The number of ether oxygens (including phenoxy) is 2. The molecule has 0 aromatic heterocycles. The van der Waals surface area contributed by atoms with Crippen LogP contribution in [0.5, 0.6) is 0 Å². The molecule has 4 heteroatoms. The predicted octanol–water partition coefficient (Wildman–Crippen LogP) is 1.69. The van der Waals surface area contributed by atoms with Gasteiger partial charge in [0.05, 0.1) is 12.5 Å². The summed E-state index contributed by atoms with van der Waals surface area (Å²) in [5.41, 5.74) is 0. The number of likely N-dealkylation sites (tertiary alicyclic amines) is 1. The second-order valence-electron chi connectivity index (χ2n) is 4.72. The van der Waals surface area contributed by atoms with E-state index in [0.29, 0.717) is 12.6 Å². The number of carbonyl (C=O) groups excluding carboxylic acids is 1. The maximum Gasteiger partial charge on any atom is 0.310 e. The molecule has 0 spiro atoms. The molecule has 0 aromatic rings. The molecule has 2 unspecified atom stereocenters. The lowest BCUT2D eigenvalue weighted by Crippen LogP contribution is -2.44. The average Bonchev–Trinajstić information content (AvgIpc) is 2.36. The zero-order valence-electron chi connectivity index (χ0n) is 11.3. The van der Waals surface area contributed by atoms with E-state index in [1.165, 1.54) is 0 Å². The van der Waals surface area contributed by atoms with E-state index in [4.69, 9.17) is 9.47 Å². The Morgan fingerprint density at radius 2 is 2.29 bits per heavy atom. The maximum absolute atomic E-state index is 11.7. The molecule has 17 heavy (non-hydrogen) atoms. The fourth-order valence-corrected chi connectivity index (χ4v) is 2.33. The lowest BCUT2D eigenvalue weighted by molar-refractivity contribution is -0.150. The minimum Gasteiger partial charge on any atom is -0.466 e. The van der Waals surface area contributed by atoms with Gasteiger partial charge >= 0.3 is 5.97 Å². The van der Waals surface area contributed by atoms with Crippen LogP contribution < -0.4 is 0 Å². The molecule has 1 rings (SSSR count). The van der Waals surface area contributed by atoms with Crippen molar-refractivity contribution in [1.29, 1.82) is 0 Å². The van der Waals surface area contributed by atoms with Crippen LogP contribution >= 0.6 is 0 Å². The number of methoxy groups -OCH3 is 1. The number of hydrogen-bond acceptors (Lipinski definition) is 4.